The molecule has 0 bridgehead atoms. The first-order chi connectivity index (χ1) is 7.08. The zero-order chi connectivity index (χ0) is 11.0. The van der Waals surface area contributed by atoms with Crippen LogP contribution in [-0.4, -0.2) is 23.2 Å². The van der Waals surface area contributed by atoms with Gasteiger partial charge in [-0.15, -0.1) is 0 Å². The van der Waals surface area contributed by atoms with Crippen molar-refractivity contribution in [3.05, 3.63) is 22.4 Å². The standard InChI is InChI=1S/C10H9BrN2O2/c1-6-2-7(4-12-10(6)11)13-5-8(14)3-9(13)15/h2,4H,3,5H2,1H3. The summed E-state index contributed by atoms with van der Waals surface area (Å²) in [5.74, 6) is -0.191. The summed E-state index contributed by atoms with van der Waals surface area (Å²) in [5.41, 5.74) is 1.63. The van der Waals surface area contributed by atoms with Crippen molar-refractivity contribution in [3.8, 4) is 0 Å². The number of hydrogen-bond donors (Lipinski definition) is 0. The molecule has 0 aromatic carbocycles. The number of anilines is 1. The number of carbonyl (C=O) groups excluding carboxylic acids is 2. The molecule has 1 aliphatic rings. The first kappa shape index (κ1) is 10.3. The van der Waals surface area contributed by atoms with Gasteiger partial charge >= 0.3 is 0 Å². The van der Waals surface area contributed by atoms with Crippen LogP contribution in [0.25, 0.3) is 0 Å². The lowest BCUT2D eigenvalue weighted by molar-refractivity contribution is -0.121. The van der Waals surface area contributed by atoms with E-state index >= 15 is 0 Å². The topological polar surface area (TPSA) is 50.3 Å². The molecule has 0 radical (unpaired) electrons. The summed E-state index contributed by atoms with van der Waals surface area (Å²) in [5, 5.41) is 0. The SMILES string of the molecule is Cc1cc(N2CC(=O)CC2=O)cnc1Br. The maximum atomic E-state index is 11.4. The van der Waals surface area contributed by atoms with Crippen molar-refractivity contribution in [1.82, 2.24) is 4.98 Å². The molecule has 1 saturated heterocycles. The van der Waals surface area contributed by atoms with Gasteiger partial charge in [0.1, 0.15) is 4.60 Å². The molecule has 2 rings (SSSR count). The Hall–Kier alpha value is -1.23. The van der Waals surface area contributed by atoms with E-state index in [0.29, 0.717) is 5.69 Å². The zero-order valence-electron chi connectivity index (χ0n) is 8.16. The van der Waals surface area contributed by atoms with Crippen LogP contribution in [-0.2, 0) is 9.59 Å². The Kier molecular flexibility index (Phi) is 2.56. The Morgan fingerprint density at radius 1 is 1.47 bits per heavy atom. The van der Waals surface area contributed by atoms with Crippen LogP contribution in [0.15, 0.2) is 16.9 Å². The fraction of sp³-hybridized carbons (Fsp3) is 0.300. The van der Waals surface area contributed by atoms with Crippen molar-refractivity contribution in [2.45, 2.75) is 13.3 Å². The maximum Gasteiger partial charge on any atom is 0.234 e. The fourth-order valence-corrected chi connectivity index (χ4v) is 1.73. The third-order valence-corrected chi connectivity index (χ3v) is 3.13. The van der Waals surface area contributed by atoms with Gasteiger partial charge in [0.2, 0.25) is 5.91 Å². The number of Topliss-reactive ketones (excluding diaryl/α,β-unsaturated/α-hetero) is 1. The van der Waals surface area contributed by atoms with Crippen LogP contribution in [0.5, 0.6) is 0 Å². The molecule has 78 valence electrons. The molecule has 1 aromatic rings. The van der Waals surface area contributed by atoms with E-state index in [0.717, 1.165) is 10.2 Å². The Labute approximate surface area is 95.4 Å². The van der Waals surface area contributed by atoms with Crippen molar-refractivity contribution < 1.29 is 9.59 Å². The summed E-state index contributed by atoms with van der Waals surface area (Å²) >= 11 is 3.28. The minimum atomic E-state index is -0.150. The predicted octanol–water partition coefficient (Wildman–Crippen LogP) is 1.46. The second kappa shape index (κ2) is 3.73. The quantitative estimate of drug-likeness (QED) is 0.573. The smallest absolute Gasteiger partial charge is 0.234 e. The van der Waals surface area contributed by atoms with Gasteiger partial charge in [0.25, 0.3) is 0 Å². The van der Waals surface area contributed by atoms with Gasteiger partial charge in [-0.25, -0.2) is 4.98 Å². The molecule has 2 heterocycles. The summed E-state index contributed by atoms with van der Waals surface area (Å²) in [7, 11) is 0. The van der Waals surface area contributed by atoms with Gasteiger partial charge in [0.05, 0.1) is 24.8 Å². The molecule has 1 aromatic heterocycles. The van der Waals surface area contributed by atoms with E-state index in [1.807, 2.05) is 13.0 Å². The summed E-state index contributed by atoms with van der Waals surface area (Å²) in [6.45, 7) is 2.06. The van der Waals surface area contributed by atoms with Gasteiger partial charge in [-0.3, -0.25) is 9.59 Å². The van der Waals surface area contributed by atoms with E-state index in [9.17, 15) is 9.59 Å². The number of ketones is 1. The summed E-state index contributed by atoms with van der Waals surface area (Å²) in [6.07, 6.45) is 1.60. The molecule has 15 heavy (non-hydrogen) atoms. The number of carbonyl (C=O) groups is 2. The molecule has 0 spiro atoms. The molecule has 1 amide bonds. The number of nitrogens with zero attached hydrogens (tertiary/aromatic N) is 2. The van der Waals surface area contributed by atoms with Crippen LogP contribution < -0.4 is 4.90 Å². The van der Waals surface area contributed by atoms with Gasteiger partial charge in [0.15, 0.2) is 5.78 Å². The number of hydrogen-bond acceptors (Lipinski definition) is 3. The monoisotopic (exact) mass is 268 g/mol. The summed E-state index contributed by atoms with van der Waals surface area (Å²) in [6, 6.07) is 1.84. The van der Waals surface area contributed by atoms with Crippen molar-refractivity contribution >= 4 is 33.3 Å². The van der Waals surface area contributed by atoms with Gasteiger partial charge in [-0.2, -0.15) is 0 Å². The van der Waals surface area contributed by atoms with Crippen LogP contribution in [0.2, 0.25) is 0 Å². The van der Waals surface area contributed by atoms with Crippen molar-refractivity contribution in [2.24, 2.45) is 0 Å². The molecule has 5 heteroatoms. The van der Waals surface area contributed by atoms with Crippen LogP contribution in [0.4, 0.5) is 5.69 Å². The number of aromatic nitrogens is 1. The second-order valence-electron chi connectivity index (χ2n) is 3.50. The van der Waals surface area contributed by atoms with E-state index in [1.54, 1.807) is 6.20 Å². The molecule has 4 nitrogen and oxygen atoms in total. The molecule has 1 fully saturated rings. The van der Waals surface area contributed by atoms with Crippen LogP contribution in [0.1, 0.15) is 12.0 Å². The van der Waals surface area contributed by atoms with E-state index in [-0.39, 0.29) is 24.7 Å². The van der Waals surface area contributed by atoms with Crippen molar-refractivity contribution in [2.75, 3.05) is 11.4 Å². The third kappa shape index (κ3) is 1.92. The highest BCUT2D eigenvalue weighted by Gasteiger charge is 2.28. The first-order valence-electron chi connectivity index (χ1n) is 4.52. The van der Waals surface area contributed by atoms with E-state index in [2.05, 4.69) is 20.9 Å². The largest absolute Gasteiger partial charge is 0.303 e. The Bertz CT molecular complexity index is 445. The number of aryl methyl sites for hydroxylation is 1. The summed E-state index contributed by atoms with van der Waals surface area (Å²) in [4.78, 5) is 28.1. The normalized spacial score (nSPS) is 16.3. The molecule has 0 atom stereocenters. The van der Waals surface area contributed by atoms with Gasteiger partial charge in [-0.05, 0) is 34.5 Å². The predicted molar refractivity (Wildman–Crippen MR) is 58.7 cm³/mol. The molecular weight excluding hydrogens is 260 g/mol. The Morgan fingerprint density at radius 3 is 2.73 bits per heavy atom. The zero-order valence-corrected chi connectivity index (χ0v) is 9.74. The number of rotatable bonds is 1. The van der Waals surface area contributed by atoms with Gasteiger partial charge in [-0.1, -0.05) is 0 Å². The molecule has 0 N–H and O–H groups in total. The molecule has 0 unspecified atom stereocenters. The van der Waals surface area contributed by atoms with Crippen LogP contribution >= 0.6 is 15.9 Å². The lowest BCUT2D eigenvalue weighted by Crippen LogP contribution is -2.24. The third-order valence-electron chi connectivity index (χ3n) is 2.30. The molecular formula is C10H9BrN2O2. The number of pyridine rings is 1. The van der Waals surface area contributed by atoms with E-state index < -0.39 is 0 Å². The fourth-order valence-electron chi connectivity index (χ4n) is 1.51. The van der Waals surface area contributed by atoms with Gasteiger partial charge in [0, 0.05) is 0 Å². The second-order valence-corrected chi connectivity index (χ2v) is 4.25. The van der Waals surface area contributed by atoms with E-state index in [4.69, 9.17) is 0 Å². The van der Waals surface area contributed by atoms with Crippen LogP contribution in [0.3, 0.4) is 0 Å². The lowest BCUT2D eigenvalue weighted by atomic mass is 10.3. The number of halogens is 1. The molecule has 0 aliphatic carbocycles. The molecule has 1 aliphatic heterocycles. The highest BCUT2D eigenvalue weighted by Crippen LogP contribution is 2.23. The van der Waals surface area contributed by atoms with Crippen molar-refractivity contribution in [1.29, 1.82) is 0 Å². The highest BCUT2D eigenvalue weighted by atomic mass is 79.9. The number of amides is 1. The minimum Gasteiger partial charge on any atom is -0.303 e. The Balaban J connectivity index is 2.34. The van der Waals surface area contributed by atoms with Crippen molar-refractivity contribution in [3.63, 3.8) is 0 Å². The lowest BCUT2D eigenvalue weighted by Gasteiger charge is -2.14. The van der Waals surface area contributed by atoms with E-state index in [1.165, 1.54) is 4.90 Å². The maximum absolute atomic E-state index is 11.4. The Morgan fingerprint density at radius 2 is 2.20 bits per heavy atom. The first-order valence-corrected chi connectivity index (χ1v) is 5.31. The average molecular weight is 269 g/mol. The minimum absolute atomic E-state index is 0.00904. The summed E-state index contributed by atoms with van der Waals surface area (Å²) < 4.78 is 0.754. The highest BCUT2D eigenvalue weighted by molar-refractivity contribution is 9.10. The average Bonchev–Trinajstić information content (AvgIpc) is 2.50. The molecule has 0 saturated carbocycles. The van der Waals surface area contributed by atoms with Crippen LogP contribution in [0, 0.1) is 6.92 Å². The van der Waals surface area contributed by atoms with Gasteiger partial charge < -0.3 is 4.90 Å².